The van der Waals surface area contributed by atoms with Crippen LogP contribution in [0.4, 0.5) is 26.1 Å². The lowest BCUT2D eigenvalue weighted by molar-refractivity contribution is 0.418. The number of rotatable bonds is 5. The standard InChI is InChI=1S/C23H21BrF2N6O/c1-13-8-15-16(9-13)21(26)18(10-17(15)25)33-23-20(24)22(29-12-30-23)31-19-3-2-14(11-28-19)32-6-4-27-5-7-32/h2-3,9-12,27H,4-8H2,1H3,(H,28,29,30,31). The van der Waals surface area contributed by atoms with E-state index in [1.807, 2.05) is 19.1 Å². The first-order chi connectivity index (χ1) is 16.0. The van der Waals surface area contributed by atoms with E-state index in [2.05, 4.69) is 46.4 Å². The van der Waals surface area contributed by atoms with Crippen LogP contribution in [-0.4, -0.2) is 41.1 Å². The van der Waals surface area contributed by atoms with Gasteiger partial charge in [-0.1, -0.05) is 11.6 Å². The van der Waals surface area contributed by atoms with Gasteiger partial charge in [0.25, 0.3) is 0 Å². The zero-order valence-corrected chi connectivity index (χ0v) is 19.4. The second-order valence-corrected chi connectivity index (χ2v) is 8.73. The second kappa shape index (κ2) is 9.03. The Bertz CT molecular complexity index is 1230. The number of allylic oxidation sites excluding steroid dienone is 1. The largest absolute Gasteiger partial charge is 0.434 e. The van der Waals surface area contributed by atoms with Crippen LogP contribution in [0.3, 0.4) is 0 Å². The average molecular weight is 515 g/mol. The molecule has 1 aliphatic carbocycles. The fourth-order valence-corrected chi connectivity index (χ4v) is 4.33. The first-order valence-corrected chi connectivity index (χ1v) is 11.3. The lowest BCUT2D eigenvalue weighted by atomic mass is 10.1. The molecule has 0 spiro atoms. The molecular formula is C23H21BrF2N6O. The van der Waals surface area contributed by atoms with Crippen LogP contribution in [0.15, 0.2) is 40.8 Å². The summed E-state index contributed by atoms with van der Waals surface area (Å²) in [6.07, 6.45) is 5.12. The summed E-state index contributed by atoms with van der Waals surface area (Å²) in [6.45, 7) is 5.59. The third-order valence-corrected chi connectivity index (χ3v) is 6.33. The van der Waals surface area contributed by atoms with Gasteiger partial charge in [-0.25, -0.2) is 23.7 Å². The molecule has 0 radical (unpaired) electrons. The molecule has 0 atom stereocenters. The van der Waals surface area contributed by atoms with E-state index in [0.29, 0.717) is 28.1 Å². The molecule has 3 aromatic rings. The third-order valence-electron chi connectivity index (χ3n) is 5.61. The van der Waals surface area contributed by atoms with Gasteiger partial charge >= 0.3 is 0 Å². The van der Waals surface area contributed by atoms with Gasteiger partial charge in [0.1, 0.15) is 22.4 Å². The quantitative estimate of drug-likeness (QED) is 0.505. The Morgan fingerprint density at radius 1 is 1.15 bits per heavy atom. The highest BCUT2D eigenvalue weighted by Crippen LogP contribution is 2.38. The van der Waals surface area contributed by atoms with Gasteiger partial charge < -0.3 is 20.3 Å². The topological polar surface area (TPSA) is 75.2 Å². The third kappa shape index (κ3) is 4.40. The Balaban J connectivity index is 1.36. The van der Waals surface area contributed by atoms with Crippen molar-refractivity contribution in [2.75, 3.05) is 36.4 Å². The van der Waals surface area contributed by atoms with E-state index in [1.54, 1.807) is 12.3 Å². The van der Waals surface area contributed by atoms with Gasteiger partial charge in [0.2, 0.25) is 5.88 Å². The average Bonchev–Trinajstić information content (AvgIpc) is 3.23. The molecule has 5 rings (SSSR count). The van der Waals surface area contributed by atoms with Crippen LogP contribution in [0.5, 0.6) is 11.6 Å². The van der Waals surface area contributed by atoms with Crippen molar-refractivity contribution in [1.82, 2.24) is 20.3 Å². The van der Waals surface area contributed by atoms with E-state index in [4.69, 9.17) is 4.74 Å². The van der Waals surface area contributed by atoms with Crippen LogP contribution >= 0.6 is 15.9 Å². The minimum Gasteiger partial charge on any atom is -0.434 e. The first-order valence-electron chi connectivity index (χ1n) is 10.5. The van der Waals surface area contributed by atoms with E-state index < -0.39 is 11.6 Å². The molecule has 33 heavy (non-hydrogen) atoms. The van der Waals surface area contributed by atoms with Crippen molar-refractivity contribution in [3.63, 3.8) is 0 Å². The predicted octanol–water partition coefficient (Wildman–Crippen LogP) is 4.82. The molecule has 3 heterocycles. The monoisotopic (exact) mass is 514 g/mol. The van der Waals surface area contributed by atoms with E-state index in [1.165, 1.54) is 6.33 Å². The summed E-state index contributed by atoms with van der Waals surface area (Å²) >= 11 is 3.40. The highest BCUT2D eigenvalue weighted by atomic mass is 79.9. The predicted molar refractivity (Wildman–Crippen MR) is 126 cm³/mol. The number of halogens is 3. The molecule has 0 amide bonds. The second-order valence-electron chi connectivity index (χ2n) is 7.94. The number of benzene rings is 1. The zero-order valence-electron chi connectivity index (χ0n) is 17.8. The highest BCUT2D eigenvalue weighted by molar-refractivity contribution is 9.10. The Labute approximate surface area is 198 Å². The highest BCUT2D eigenvalue weighted by Gasteiger charge is 2.24. The molecule has 1 fully saturated rings. The van der Waals surface area contributed by atoms with Gasteiger partial charge in [-0.2, -0.15) is 0 Å². The lowest BCUT2D eigenvalue weighted by Gasteiger charge is -2.29. The van der Waals surface area contributed by atoms with E-state index >= 15 is 0 Å². The summed E-state index contributed by atoms with van der Waals surface area (Å²) < 4.78 is 35.5. The molecule has 7 nitrogen and oxygen atoms in total. The van der Waals surface area contributed by atoms with Gasteiger partial charge in [-0.3, -0.25) is 0 Å². The summed E-state index contributed by atoms with van der Waals surface area (Å²) in [5.41, 5.74) is 2.51. The van der Waals surface area contributed by atoms with Crippen molar-refractivity contribution in [1.29, 1.82) is 0 Å². The smallest absolute Gasteiger partial charge is 0.239 e. The SMILES string of the molecule is CC1=Cc2c(F)c(Oc3ncnc(Nc4ccc(N5CCNCC5)cn4)c3Br)cc(F)c2C1. The number of hydrogen-bond acceptors (Lipinski definition) is 7. The van der Waals surface area contributed by atoms with Crippen LogP contribution in [0.25, 0.3) is 6.08 Å². The van der Waals surface area contributed by atoms with Crippen molar-refractivity contribution in [3.8, 4) is 11.6 Å². The summed E-state index contributed by atoms with van der Waals surface area (Å²) in [4.78, 5) is 15.0. The molecule has 0 saturated carbocycles. The van der Waals surface area contributed by atoms with Crippen molar-refractivity contribution < 1.29 is 13.5 Å². The molecule has 1 saturated heterocycles. The number of ether oxygens (including phenoxy) is 1. The Kier molecular flexibility index (Phi) is 5.94. The maximum Gasteiger partial charge on any atom is 0.239 e. The van der Waals surface area contributed by atoms with Crippen molar-refractivity contribution in [2.24, 2.45) is 0 Å². The van der Waals surface area contributed by atoms with E-state index in [0.717, 1.165) is 43.5 Å². The summed E-state index contributed by atoms with van der Waals surface area (Å²) in [5.74, 6) is -0.335. The van der Waals surface area contributed by atoms with Crippen molar-refractivity contribution in [2.45, 2.75) is 13.3 Å². The number of nitrogens with one attached hydrogen (secondary N) is 2. The number of anilines is 3. The van der Waals surface area contributed by atoms with E-state index in [9.17, 15) is 8.78 Å². The lowest BCUT2D eigenvalue weighted by Crippen LogP contribution is -2.43. The van der Waals surface area contributed by atoms with E-state index in [-0.39, 0.29) is 17.2 Å². The number of nitrogens with zero attached hydrogens (tertiary/aromatic N) is 4. The normalized spacial score (nSPS) is 15.3. The fourth-order valence-electron chi connectivity index (χ4n) is 3.95. The van der Waals surface area contributed by atoms with Gasteiger partial charge in [0, 0.05) is 43.4 Å². The Hall–Kier alpha value is -3.11. The van der Waals surface area contributed by atoms with Crippen LogP contribution < -0.4 is 20.3 Å². The number of aromatic nitrogens is 3. The number of pyridine rings is 1. The maximum absolute atomic E-state index is 15.0. The molecule has 0 bridgehead atoms. The van der Waals surface area contributed by atoms with Crippen molar-refractivity contribution in [3.05, 3.63) is 63.5 Å². The maximum atomic E-state index is 15.0. The minimum atomic E-state index is -0.617. The van der Waals surface area contributed by atoms with Gasteiger partial charge in [-0.05, 0) is 41.4 Å². The van der Waals surface area contributed by atoms with Gasteiger partial charge in [0.15, 0.2) is 17.4 Å². The molecule has 2 aliphatic rings. The minimum absolute atomic E-state index is 0.0573. The Morgan fingerprint density at radius 2 is 1.97 bits per heavy atom. The molecule has 1 aliphatic heterocycles. The molecule has 0 unspecified atom stereocenters. The zero-order chi connectivity index (χ0) is 22.9. The Morgan fingerprint density at radius 3 is 2.73 bits per heavy atom. The van der Waals surface area contributed by atoms with Crippen LogP contribution in [0.2, 0.25) is 0 Å². The fraction of sp³-hybridized carbons (Fsp3) is 0.261. The number of hydrogen-bond donors (Lipinski definition) is 2. The molecule has 10 heteroatoms. The molecular weight excluding hydrogens is 494 g/mol. The molecule has 1 aromatic carbocycles. The summed E-state index contributed by atoms with van der Waals surface area (Å²) in [7, 11) is 0. The van der Waals surface area contributed by atoms with Crippen LogP contribution in [-0.2, 0) is 6.42 Å². The summed E-state index contributed by atoms with van der Waals surface area (Å²) in [6, 6.07) is 4.90. The summed E-state index contributed by atoms with van der Waals surface area (Å²) in [5, 5.41) is 6.43. The van der Waals surface area contributed by atoms with Gasteiger partial charge in [-0.15, -0.1) is 0 Å². The molecule has 2 aromatic heterocycles. The van der Waals surface area contributed by atoms with Crippen LogP contribution in [0, 0.1) is 11.6 Å². The molecule has 2 N–H and O–H groups in total. The molecule has 170 valence electrons. The van der Waals surface area contributed by atoms with Crippen LogP contribution in [0.1, 0.15) is 18.1 Å². The van der Waals surface area contributed by atoms with Crippen molar-refractivity contribution >= 4 is 39.3 Å². The first kappa shape index (κ1) is 21.7. The van der Waals surface area contributed by atoms with Gasteiger partial charge in [0.05, 0.1) is 11.9 Å². The number of piperazine rings is 1. The number of fused-ring (bicyclic) bond motifs is 1.